The van der Waals surface area contributed by atoms with Gasteiger partial charge in [0.25, 0.3) is 5.91 Å². The maximum Gasteiger partial charge on any atom is 0.310 e. The third-order valence-corrected chi connectivity index (χ3v) is 4.45. The normalized spacial score (nSPS) is 19.5. The average Bonchev–Trinajstić information content (AvgIpc) is 3.30. The topological polar surface area (TPSA) is 74.3 Å². The monoisotopic (exact) mass is 349 g/mol. The third-order valence-electron chi connectivity index (χ3n) is 4.45. The molecule has 3 rings (SSSR count). The SMILES string of the molecule is COC(=O)C(C)CN(CC1CCCO1)C(=O)c1ccc2c(c1)OCO2. The van der Waals surface area contributed by atoms with E-state index in [0.717, 1.165) is 12.8 Å². The molecule has 2 aliphatic heterocycles. The Hall–Kier alpha value is -2.28. The summed E-state index contributed by atoms with van der Waals surface area (Å²) < 4.78 is 21.1. The van der Waals surface area contributed by atoms with E-state index in [2.05, 4.69) is 0 Å². The van der Waals surface area contributed by atoms with Crippen LogP contribution in [-0.4, -0.2) is 56.5 Å². The van der Waals surface area contributed by atoms with E-state index in [-0.39, 0.29) is 31.3 Å². The van der Waals surface area contributed by atoms with E-state index in [0.29, 0.717) is 30.2 Å². The van der Waals surface area contributed by atoms with Crippen LogP contribution in [0.3, 0.4) is 0 Å². The lowest BCUT2D eigenvalue weighted by molar-refractivity contribution is -0.145. The molecule has 0 spiro atoms. The van der Waals surface area contributed by atoms with Crippen LogP contribution in [0.4, 0.5) is 0 Å². The first-order chi connectivity index (χ1) is 12.1. The number of ether oxygens (including phenoxy) is 4. The van der Waals surface area contributed by atoms with Gasteiger partial charge in [-0.3, -0.25) is 9.59 Å². The molecule has 2 heterocycles. The molecule has 2 unspecified atom stereocenters. The van der Waals surface area contributed by atoms with Crippen molar-refractivity contribution < 1.29 is 28.5 Å². The van der Waals surface area contributed by atoms with Gasteiger partial charge in [-0.05, 0) is 31.0 Å². The quantitative estimate of drug-likeness (QED) is 0.730. The van der Waals surface area contributed by atoms with E-state index in [1.165, 1.54) is 7.11 Å². The molecule has 0 radical (unpaired) electrons. The molecule has 1 aromatic carbocycles. The van der Waals surface area contributed by atoms with Crippen molar-refractivity contribution in [2.75, 3.05) is 33.6 Å². The van der Waals surface area contributed by atoms with Crippen LogP contribution in [0.5, 0.6) is 11.5 Å². The van der Waals surface area contributed by atoms with Gasteiger partial charge in [0.05, 0.1) is 19.1 Å². The number of esters is 1. The van der Waals surface area contributed by atoms with Gasteiger partial charge >= 0.3 is 5.97 Å². The number of hydrogen-bond donors (Lipinski definition) is 0. The number of hydrogen-bond acceptors (Lipinski definition) is 6. The van der Waals surface area contributed by atoms with Crippen LogP contribution in [0, 0.1) is 5.92 Å². The van der Waals surface area contributed by atoms with Crippen molar-refractivity contribution in [2.24, 2.45) is 5.92 Å². The third kappa shape index (κ3) is 4.04. The fraction of sp³-hybridized carbons (Fsp3) is 0.556. The first-order valence-electron chi connectivity index (χ1n) is 8.47. The number of methoxy groups -OCH3 is 1. The Bertz CT molecular complexity index is 640. The highest BCUT2D eigenvalue weighted by atomic mass is 16.7. The summed E-state index contributed by atoms with van der Waals surface area (Å²) in [4.78, 5) is 26.4. The number of rotatable bonds is 6. The van der Waals surface area contributed by atoms with Crippen molar-refractivity contribution >= 4 is 11.9 Å². The molecule has 0 aromatic heterocycles. The summed E-state index contributed by atoms with van der Waals surface area (Å²) >= 11 is 0. The lowest BCUT2D eigenvalue weighted by Gasteiger charge is -2.27. The molecule has 136 valence electrons. The van der Waals surface area contributed by atoms with Crippen LogP contribution < -0.4 is 9.47 Å². The number of amides is 1. The Kier molecular flexibility index (Phi) is 5.43. The van der Waals surface area contributed by atoms with E-state index in [1.54, 1.807) is 30.0 Å². The van der Waals surface area contributed by atoms with Crippen molar-refractivity contribution in [1.82, 2.24) is 4.90 Å². The lowest BCUT2D eigenvalue weighted by atomic mass is 10.1. The summed E-state index contributed by atoms with van der Waals surface area (Å²) in [7, 11) is 1.35. The van der Waals surface area contributed by atoms with E-state index in [1.807, 2.05) is 0 Å². The zero-order valence-corrected chi connectivity index (χ0v) is 14.5. The van der Waals surface area contributed by atoms with Crippen molar-refractivity contribution in [3.63, 3.8) is 0 Å². The molecular formula is C18H23NO6. The molecule has 2 aliphatic rings. The minimum atomic E-state index is -0.413. The standard InChI is InChI=1S/C18H23NO6/c1-12(18(21)22-2)9-19(10-14-4-3-7-23-14)17(20)13-5-6-15-16(8-13)25-11-24-15/h5-6,8,12,14H,3-4,7,9-11H2,1-2H3. The fourth-order valence-electron chi connectivity index (χ4n) is 3.09. The summed E-state index contributed by atoms with van der Waals surface area (Å²) in [6.45, 7) is 3.35. The minimum Gasteiger partial charge on any atom is -0.469 e. The summed E-state index contributed by atoms with van der Waals surface area (Å²) in [5, 5.41) is 0. The molecule has 1 fully saturated rings. The number of fused-ring (bicyclic) bond motifs is 1. The van der Waals surface area contributed by atoms with Crippen molar-refractivity contribution in [2.45, 2.75) is 25.9 Å². The molecule has 7 nitrogen and oxygen atoms in total. The van der Waals surface area contributed by atoms with Crippen LogP contribution in [0.1, 0.15) is 30.1 Å². The summed E-state index contributed by atoms with van der Waals surface area (Å²) in [6, 6.07) is 5.11. The molecule has 1 saturated heterocycles. The minimum absolute atomic E-state index is 0.00260. The Morgan fingerprint density at radius 3 is 2.84 bits per heavy atom. The van der Waals surface area contributed by atoms with Gasteiger partial charge in [-0.2, -0.15) is 0 Å². The fourth-order valence-corrected chi connectivity index (χ4v) is 3.09. The van der Waals surface area contributed by atoms with Gasteiger partial charge in [-0.15, -0.1) is 0 Å². The molecule has 1 aromatic rings. The lowest BCUT2D eigenvalue weighted by Crippen LogP contribution is -2.41. The highest BCUT2D eigenvalue weighted by molar-refractivity contribution is 5.95. The van der Waals surface area contributed by atoms with Crippen molar-refractivity contribution in [3.05, 3.63) is 23.8 Å². The van der Waals surface area contributed by atoms with E-state index in [4.69, 9.17) is 18.9 Å². The first-order valence-corrected chi connectivity index (χ1v) is 8.47. The highest BCUT2D eigenvalue weighted by Gasteiger charge is 2.28. The Morgan fingerprint density at radius 2 is 2.12 bits per heavy atom. The Balaban J connectivity index is 1.76. The van der Waals surface area contributed by atoms with Crippen LogP contribution in [0.2, 0.25) is 0 Å². The van der Waals surface area contributed by atoms with E-state index >= 15 is 0 Å². The molecule has 7 heteroatoms. The van der Waals surface area contributed by atoms with Gasteiger partial charge in [0.1, 0.15) is 0 Å². The van der Waals surface area contributed by atoms with Crippen LogP contribution in [0.15, 0.2) is 18.2 Å². The van der Waals surface area contributed by atoms with Gasteiger partial charge in [0, 0.05) is 25.3 Å². The van der Waals surface area contributed by atoms with Crippen molar-refractivity contribution in [3.8, 4) is 11.5 Å². The van der Waals surface area contributed by atoms with Gasteiger partial charge in [0.15, 0.2) is 11.5 Å². The average molecular weight is 349 g/mol. The van der Waals surface area contributed by atoms with Crippen molar-refractivity contribution in [1.29, 1.82) is 0 Å². The first kappa shape index (κ1) is 17.5. The maximum atomic E-state index is 13.0. The second kappa shape index (κ2) is 7.74. The number of carbonyl (C=O) groups is 2. The van der Waals surface area contributed by atoms with Crippen LogP contribution in [-0.2, 0) is 14.3 Å². The highest BCUT2D eigenvalue weighted by Crippen LogP contribution is 2.33. The molecule has 0 N–H and O–H groups in total. The largest absolute Gasteiger partial charge is 0.469 e. The van der Waals surface area contributed by atoms with Gasteiger partial charge < -0.3 is 23.8 Å². The van der Waals surface area contributed by atoms with Gasteiger partial charge in [0.2, 0.25) is 6.79 Å². The number of carbonyl (C=O) groups excluding carboxylic acids is 2. The second-order valence-corrected chi connectivity index (χ2v) is 6.34. The Morgan fingerprint density at radius 1 is 1.32 bits per heavy atom. The van der Waals surface area contributed by atoms with Crippen LogP contribution in [0.25, 0.3) is 0 Å². The molecule has 0 aliphatic carbocycles. The molecule has 2 atom stereocenters. The number of nitrogens with zero attached hydrogens (tertiary/aromatic N) is 1. The smallest absolute Gasteiger partial charge is 0.310 e. The summed E-state index contributed by atoms with van der Waals surface area (Å²) in [5.74, 6) is 0.277. The molecule has 0 saturated carbocycles. The Labute approximate surface area is 146 Å². The van der Waals surface area contributed by atoms with Crippen LogP contribution >= 0.6 is 0 Å². The molecule has 0 bridgehead atoms. The van der Waals surface area contributed by atoms with E-state index in [9.17, 15) is 9.59 Å². The summed E-state index contributed by atoms with van der Waals surface area (Å²) in [6.07, 6.45) is 1.91. The molecular weight excluding hydrogens is 326 g/mol. The second-order valence-electron chi connectivity index (χ2n) is 6.34. The predicted molar refractivity (Wildman–Crippen MR) is 88.6 cm³/mol. The number of benzene rings is 1. The maximum absolute atomic E-state index is 13.0. The zero-order valence-electron chi connectivity index (χ0n) is 14.5. The van der Waals surface area contributed by atoms with E-state index < -0.39 is 5.92 Å². The zero-order chi connectivity index (χ0) is 17.8. The predicted octanol–water partition coefficient (Wildman–Crippen LogP) is 1.85. The summed E-state index contributed by atoms with van der Waals surface area (Å²) in [5.41, 5.74) is 0.499. The van der Waals surface area contributed by atoms with Gasteiger partial charge in [-0.25, -0.2) is 0 Å². The molecule has 1 amide bonds. The van der Waals surface area contributed by atoms with Gasteiger partial charge in [-0.1, -0.05) is 6.92 Å². The molecule has 25 heavy (non-hydrogen) atoms.